The topological polar surface area (TPSA) is 159 Å². The van der Waals surface area contributed by atoms with Gasteiger partial charge in [-0.3, -0.25) is 30.3 Å². The Balaban J connectivity index is 1.62. The highest BCUT2D eigenvalue weighted by Gasteiger charge is 2.61. The standard InChI is InChI=1S/C21H19N5O7S/c27-18-21(19(28)23-20(29)22-18)11-13-10-14(26(30)31)6-7-16(13)25-9-8-24(12-17(21)25)34(32,33)15-4-2-1-3-5-15/h1-7,10,17H,8-9,11-12H2,(H2,22,23,27,28,29)/t17-/m1/s1. The smallest absolute Gasteiger partial charge is 0.328 e. The first-order valence-corrected chi connectivity index (χ1v) is 11.8. The van der Waals surface area contributed by atoms with Crippen molar-refractivity contribution in [3.8, 4) is 0 Å². The number of carbonyl (C=O) groups is 3. The molecule has 3 aliphatic rings. The summed E-state index contributed by atoms with van der Waals surface area (Å²) in [5.74, 6) is -1.74. The van der Waals surface area contributed by atoms with Gasteiger partial charge in [0, 0.05) is 43.9 Å². The number of hydrogen-bond acceptors (Lipinski definition) is 8. The zero-order valence-corrected chi connectivity index (χ0v) is 18.4. The van der Waals surface area contributed by atoms with Crippen molar-refractivity contribution in [1.29, 1.82) is 0 Å². The van der Waals surface area contributed by atoms with E-state index in [2.05, 4.69) is 10.6 Å². The van der Waals surface area contributed by atoms with E-state index in [1.54, 1.807) is 29.2 Å². The average Bonchev–Trinajstić information content (AvgIpc) is 2.82. The van der Waals surface area contributed by atoms with E-state index in [9.17, 15) is 32.9 Å². The van der Waals surface area contributed by atoms with Gasteiger partial charge in [0.25, 0.3) is 5.69 Å². The monoisotopic (exact) mass is 485 g/mol. The van der Waals surface area contributed by atoms with Gasteiger partial charge in [0.15, 0.2) is 5.41 Å². The highest BCUT2D eigenvalue weighted by atomic mass is 32.2. The molecular weight excluding hydrogens is 466 g/mol. The number of anilines is 1. The molecule has 0 saturated carbocycles. The molecule has 13 heteroatoms. The number of nitrogens with zero attached hydrogens (tertiary/aromatic N) is 3. The molecule has 0 unspecified atom stereocenters. The molecule has 176 valence electrons. The maximum absolute atomic E-state index is 13.3. The number of nitro benzene ring substituents is 1. The van der Waals surface area contributed by atoms with Crippen molar-refractivity contribution in [1.82, 2.24) is 14.9 Å². The summed E-state index contributed by atoms with van der Waals surface area (Å²) in [6.45, 7) is 0.0168. The molecule has 2 aromatic rings. The first-order chi connectivity index (χ1) is 16.1. The molecule has 34 heavy (non-hydrogen) atoms. The summed E-state index contributed by atoms with van der Waals surface area (Å²) in [5.41, 5.74) is -1.09. The van der Waals surface area contributed by atoms with Crippen molar-refractivity contribution in [2.45, 2.75) is 17.4 Å². The number of nitro groups is 1. The van der Waals surface area contributed by atoms with E-state index >= 15 is 0 Å². The Morgan fingerprint density at radius 1 is 1.00 bits per heavy atom. The van der Waals surface area contributed by atoms with Crippen LogP contribution in [0.5, 0.6) is 0 Å². The number of non-ortho nitro benzene ring substituents is 1. The van der Waals surface area contributed by atoms with E-state index < -0.39 is 44.2 Å². The largest absolute Gasteiger partial charge is 0.364 e. The number of amides is 4. The highest BCUT2D eigenvalue weighted by molar-refractivity contribution is 7.89. The Hall–Kier alpha value is -3.84. The summed E-state index contributed by atoms with van der Waals surface area (Å²) in [4.78, 5) is 50.7. The fraction of sp³-hybridized carbons (Fsp3) is 0.286. The third kappa shape index (κ3) is 3.15. The van der Waals surface area contributed by atoms with Gasteiger partial charge in [-0.1, -0.05) is 18.2 Å². The lowest BCUT2D eigenvalue weighted by molar-refractivity contribution is -0.384. The SMILES string of the molecule is O=C1NC(=O)C2(Cc3cc([N+](=O)[O-])ccc3N3CCN(S(=O)(=O)c4ccccc4)C[C@@H]32)C(=O)N1. The molecule has 4 amide bonds. The van der Waals surface area contributed by atoms with Gasteiger partial charge in [-0.25, -0.2) is 13.2 Å². The number of urea groups is 1. The van der Waals surface area contributed by atoms with Crippen molar-refractivity contribution >= 4 is 39.2 Å². The van der Waals surface area contributed by atoms with Crippen LogP contribution in [0.15, 0.2) is 53.4 Å². The van der Waals surface area contributed by atoms with E-state index in [1.807, 2.05) is 0 Å². The highest BCUT2D eigenvalue weighted by Crippen LogP contribution is 2.45. The van der Waals surface area contributed by atoms with Gasteiger partial charge in [-0.2, -0.15) is 4.31 Å². The summed E-state index contributed by atoms with van der Waals surface area (Å²) in [6, 6.07) is 10.1. The summed E-state index contributed by atoms with van der Waals surface area (Å²) in [5, 5.41) is 15.5. The van der Waals surface area contributed by atoms with Crippen LogP contribution in [0.1, 0.15) is 5.56 Å². The average molecular weight is 485 g/mol. The molecule has 1 spiro atoms. The van der Waals surface area contributed by atoms with Crippen molar-refractivity contribution in [2.24, 2.45) is 5.41 Å². The summed E-state index contributed by atoms with van der Waals surface area (Å²) < 4.78 is 27.8. The predicted octanol–water partition coefficient (Wildman–Crippen LogP) is 0.383. The van der Waals surface area contributed by atoms with E-state index in [0.29, 0.717) is 11.3 Å². The lowest BCUT2D eigenvalue weighted by atomic mass is 9.68. The third-order valence-electron chi connectivity index (χ3n) is 6.61. The molecule has 1 atom stereocenters. The number of hydrogen-bond donors (Lipinski definition) is 2. The fourth-order valence-electron chi connectivity index (χ4n) is 4.98. The van der Waals surface area contributed by atoms with Crippen LogP contribution >= 0.6 is 0 Å². The molecule has 2 N–H and O–H groups in total. The molecule has 12 nitrogen and oxygen atoms in total. The summed E-state index contributed by atoms with van der Waals surface area (Å²) >= 11 is 0. The Morgan fingerprint density at radius 2 is 1.68 bits per heavy atom. The Kier molecular flexibility index (Phi) is 4.91. The molecule has 5 rings (SSSR count). The van der Waals surface area contributed by atoms with Gasteiger partial charge in [0.2, 0.25) is 21.8 Å². The maximum atomic E-state index is 13.3. The van der Waals surface area contributed by atoms with Crippen molar-refractivity contribution < 1.29 is 27.7 Å². The van der Waals surface area contributed by atoms with Crippen LogP contribution in [0.25, 0.3) is 0 Å². The van der Waals surface area contributed by atoms with Crippen LogP contribution < -0.4 is 15.5 Å². The van der Waals surface area contributed by atoms with E-state index in [0.717, 1.165) is 0 Å². The van der Waals surface area contributed by atoms with E-state index in [1.165, 1.54) is 28.6 Å². The lowest BCUT2D eigenvalue weighted by Crippen LogP contribution is -2.74. The number of piperazine rings is 1. The minimum atomic E-state index is -3.92. The van der Waals surface area contributed by atoms with Gasteiger partial charge in [-0.15, -0.1) is 0 Å². The first kappa shape index (κ1) is 22.0. The quantitative estimate of drug-likeness (QED) is 0.359. The number of sulfonamides is 1. The molecule has 0 aliphatic carbocycles. The van der Waals surface area contributed by atoms with Gasteiger partial charge in [0.05, 0.1) is 15.9 Å². The molecule has 2 saturated heterocycles. The Bertz CT molecular complexity index is 1320. The number of benzene rings is 2. The Labute approximate surface area is 193 Å². The zero-order valence-electron chi connectivity index (χ0n) is 17.6. The van der Waals surface area contributed by atoms with E-state index in [4.69, 9.17) is 0 Å². The minimum absolute atomic E-state index is 0.0718. The molecule has 2 aromatic carbocycles. The van der Waals surface area contributed by atoms with Gasteiger partial charge in [0.1, 0.15) is 0 Å². The number of rotatable bonds is 3. The van der Waals surface area contributed by atoms with E-state index in [-0.39, 0.29) is 36.6 Å². The van der Waals surface area contributed by atoms with Gasteiger partial charge >= 0.3 is 6.03 Å². The second kappa shape index (κ2) is 7.60. The fourth-order valence-corrected chi connectivity index (χ4v) is 6.44. The maximum Gasteiger partial charge on any atom is 0.328 e. The number of nitrogens with one attached hydrogen (secondary N) is 2. The lowest BCUT2D eigenvalue weighted by Gasteiger charge is -2.53. The van der Waals surface area contributed by atoms with Gasteiger partial charge < -0.3 is 4.90 Å². The first-order valence-electron chi connectivity index (χ1n) is 10.4. The molecule has 0 radical (unpaired) electrons. The van der Waals surface area contributed by atoms with Crippen LogP contribution in [0, 0.1) is 15.5 Å². The third-order valence-corrected chi connectivity index (χ3v) is 8.49. The second-order valence-corrected chi connectivity index (χ2v) is 10.3. The molecular formula is C21H19N5O7S. The van der Waals surface area contributed by atoms with Crippen LogP contribution in [-0.2, 0) is 26.0 Å². The predicted molar refractivity (Wildman–Crippen MR) is 117 cm³/mol. The summed E-state index contributed by atoms with van der Waals surface area (Å²) in [6.07, 6.45) is -0.227. The van der Waals surface area contributed by atoms with Crippen LogP contribution in [0.4, 0.5) is 16.2 Å². The number of barbiturate groups is 1. The van der Waals surface area contributed by atoms with Crippen LogP contribution in [0.3, 0.4) is 0 Å². The second-order valence-electron chi connectivity index (χ2n) is 8.34. The zero-order chi connectivity index (χ0) is 24.3. The van der Waals surface area contributed by atoms with Crippen molar-refractivity contribution in [3.63, 3.8) is 0 Å². The van der Waals surface area contributed by atoms with Crippen LogP contribution in [0.2, 0.25) is 0 Å². The molecule has 0 aromatic heterocycles. The summed E-state index contributed by atoms with van der Waals surface area (Å²) in [7, 11) is -3.92. The Morgan fingerprint density at radius 3 is 2.32 bits per heavy atom. The molecule has 3 aliphatic heterocycles. The van der Waals surface area contributed by atoms with Gasteiger partial charge in [-0.05, 0) is 23.8 Å². The molecule has 3 heterocycles. The molecule has 0 bridgehead atoms. The number of imide groups is 2. The van der Waals surface area contributed by atoms with Crippen molar-refractivity contribution in [3.05, 3.63) is 64.2 Å². The van der Waals surface area contributed by atoms with Crippen LogP contribution in [-0.4, -0.2) is 61.2 Å². The normalized spacial score (nSPS) is 21.9. The minimum Gasteiger partial charge on any atom is -0.364 e. The number of carbonyl (C=O) groups excluding carboxylic acids is 3. The number of fused-ring (bicyclic) bond motifs is 4. The van der Waals surface area contributed by atoms with Crippen molar-refractivity contribution in [2.75, 3.05) is 24.5 Å². The molecule has 2 fully saturated rings.